The molecule has 2 nitrogen and oxygen atoms in total. The lowest BCUT2D eigenvalue weighted by Crippen LogP contribution is -1.92. The van der Waals surface area contributed by atoms with Crippen molar-refractivity contribution in [2.24, 2.45) is 0 Å². The van der Waals surface area contributed by atoms with Crippen LogP contribution < -0.4 is 0 Å². The molecule has 0 rings (SSSR count). The lowest BCUT2D eigenvalue weighted by atomic mass is 10.5. The van der Waals surface area contributed by atoms with E-state index in [1.165, 1.54) is 0 Å². The van der Waals surface area contributed by atoms with E-state index in [0.717, 1.165) is 0 Å². The van der Waals surface area contributed by atoms with E-state index in [1.807, 2.05) is 13.8 Å². The van der Waals surface area contributed by atoms with Gasteiger partial charge < -0.3 is 0 Å². The number of halogens is 2. The van der Waals surface area contributed by atoms with Crippen LogP contribution in [-0.2, 0) is 9.59 Å². The first-order valence-corrected chi connectivity index (χ1v) is 3.25. The molecule has 0 fully saturated rings. The van der Waals surface area contributed by atoms with Gasteiger partial charge in [0, 0.05) is 0 Å². The van der Waals surface area contributed by atoms with Crippen molar-refractivity contribution in [3.8, 4) is 0 Å². The molecule has 0 radical (unpaired) electrons. The zero-order valence-electron chi connectivity index (χ0n) is 5.28. The molecule has 54 valence electrons. The number of carbonyl (C=O) groups is 2. The molecule has 4 heteroatoms. The van der Waals surface area contributed by atoms with Gasteiger partial charge in [0.25, 0.3) is 0 Å². The summed E-state index contributed by atoms with van der Waals surface area (Å²) in [4.78, 5) is 19.4. The minimum absolute atomic E-state index is 0.386. The number of rotatable bonds is 2. The Balaban J connectivity index is 0. The fourth-order valence-corrected chi connectivity index (χ4v) is 0.420. The maximum Gasteiger partial charge on any atom is 0.230 e. The van der Waals surface area contributed by atoms with Crippen LogP contribution in [0, 0.1) is 0 Å². The Bertz CT molecular complexity index is 89.1. The van der Waals surface area contributed by atoms with Crippen LogP contribution in [0.3, 0.4) is 0 Å². The summed E-state index contributed by atoms with van der Waals surface area (Å²) in [7, 11) is 0. The minimum Gasteiger partial charge on any atom is -0.281 e. The summed E-state index contributed by atoms with van der Waals surface area (Å²) in [5, 5.41) is -1.44. The summed E-state index contributed by atoms with van der Waals surface area (Å²) < 4.78 is 0. The molecule has 0 aromatic carbocycles. The van der Waals surface area contributed by atoms with Crippen molar-refractivity contribution in [3.05, 3.63) is 0 Å². The van der Waals surface area contributed by atoms with Crippen molar-refractivity contribution in [2.75, 3.05) is 0 Å². The Morgan fingerprint density at radius 2 is 1.33 bits per heavy atom. The third-order valence-electron chi connectivity index (χ3n) is 0.278. The van der Waals surface area contributed by atoms with Crippen LogP contribution in [0.25, 0.3) is 0 Å². The van der Waals surface area contributed by atoms with E-state index < -0.39 is 10.5 Å². The summed E-state index contributed by atoms with van der Waals surface area (Å²) >= 11 is 9.46. The maximum absolute atomic E-state index is 9.71. The zero-order chi connectivity index (χ0) is 7.86. The van der Waals surface area contributed by atoms with Gasteiger partial charge in [0.2, 0.25) is 10.5 Å². The second-order valence-corrected chi connectivity index (χ2v) is 1.73. The molecule has 0 N–H and O–H groups in total. The fraction of sp³-hybridized carbons (Fsp3) is 0.600. The van der Waals surface area contributed by atoms with Crippen LogP contribution in [-0.4, -0.2) is 10.5 Å². The third-order valence-corrected chi connectivity index (χ3v) is 0.545. The van der Waals surface area contributed by atoms with Gasteiger partial charge in [-0.15, -0.1) is 0 Å². The van der Waals surface area contributed by atoms with E-state index in [0.29, 0.717) is 0 Å². The SMILES string of the molecule is CC.O=C(Cl)CC(=O)Cl. The van der Waals surface area contributed by atoms with E-state index in [-0.39, 0.29) is 6.42 Å². The Morgan fingerprint density at radius 3 is 1.33 bits per heavy atom. The molecule has 0 spiro atoms. The molecule has 0 heterocycles. The monoisotopic (exact) mass is 170 g/mol. The molecule has 9 heavy (non-hydrogen) atoms. The standard InChI is InChI=1S/C3H2Cl2O2.C2H6/c4-2(6)1-3(5)7;1-2/h1H2;1-2H3. The average molecular weight is 171 g/mol. The van der Waals surface area contributed by atoms with Gasteiger partial charge in [0.1, 0.15) is 0 Å². The zero-order valence-corrected chi connectivity index (χ0v) is 6.79. The van der Waals surface area contributed by atoms with Crippen molar-refractivity contribution < 1.29 is 9.59 Å². The van der Waals surface area contributed by atoms with Crippen molar-refractivity contribution in [1.82, 2.24) is 0 Å². The van der Waals surface area contributed by atoms with E-state index >= 15 is 0 Å². The normalized spacial score (nSPS) is 7.11. The van der Waals surface area contributed by atoms with Crippen LogP contribution in [0.15, 0.2) is 0 Å². The average Bonchev–Trinajstić information content (AvgIpc) is 1.68. The summed E-state index contributed by atoms with van der Waals surface area (Å²) in [5.74, 6) is 0. The van der Waals surface area contributed by atoms with Gasteiger partial charge in [0.05, 0.1) is 6.42 Å². The van der Waals surface area contributed by atoms with Crippen LogP contribution in [0.1, 0.15) is 20.3 Å². The predicted octanol–water partition coefficient (Wildman–Crippen LogP) is 1.93. The molecular formula is C5H8Cl2O2. The van der Waals surface area contributed by atoms with Crippen molar-refractivity contribution in [3.63, 3.8) is 0 Å². The first-order valence-electron chi connectivity index (χ1n) is 2.49. The molecule has 0 saturated carbocycles. The van der Waals surface area contributed by atoms with Gasteiger partial charge in [-0.1, -0.05) is 13.8 Å². The second-order valence-electron chi connectivity index (χ2n) is 0.887. The van der Waals surface area contributed by atoms with Crippen molar-refractivity contribution in [1.29, 1.82) is 0 Å². The smallest absolute Gasteiger partial charge is 0.230 e. The fourth-order valence-electron chi connectivity index (χ4n) is 0.109. The topological polar surface area (TPSA) is 34.1 Å². The lowest BCUT2D eigenvalue weighted by Gasteiger charge is -1.76. The van der Waals surface area contributed by atoms with Crippen LogP contribution in [0.4, 0.5) is 0 Å². The molecule has 0 aliphatic carbocycles. The molecule has 0 aliphatic heterocycles. The second kappa shape index (κ2) is 7.92. The first-order chi connectivity index (χ1) is 4.13. The summed E-state index contributed by atoms with van der Waals surface area (Å²) in [6.45, 7) is 4.00. The molecule has 0 atom stereocenters. The lowest BCUT2D eigenvalue weighted by molar-refractivity contribution is -0.118. The molecule has 0 saturated heterocycles. The van der Waals surface area contributed by atoms with Crippen molar-refractivity contribution >= 4 is 33.7 Å². The Morgan fingerprint density at radius 1 is 1.11 bits per heavy atom. The van der Waals surface area contributed by atoms with Crippen LogP contribution >= 0.6 is 23.2 Å². The maximum atomic E-state index is 9.71. The molecule has 0 unspecified atom stereocenters. The van der Waals surface area contributed by atoms with E-state index in [2.05, 4.69) is 0 Å². The molecular weight excluding hydrogens is 163 g/mol. The number of hydrogen-bond donors (Lipinski definition) is 0. The highest BCUT2D eigenvalue weighted by Gasteiger charge is 2.00. The van der Waals surface area contributed by atoms with Gasteiger partial charge in [-0.3, -0.25) is 9.59 Å². The summed E-state index contributed by atoms with van der Waals surface area (Å²) in [6.07, 6.45) is -0.386. The third kappa shape index (κ3) is 18.1. The van der Waals surface area contributed by atoms with Gasteiger partial charge >= 0.3 is 0 Å². The highest BCUT2D eigenvalue weighted by atomic mass is 35.5. The molecule has 0 bridgehead atoms. The number of hydrogen-bond acceptors (Lipinski definition) is 2. The van der Waals surface area contributed by atoms with Crippen molar-refractivity contribution in [2.45, 2.75) is 20.3 Å². The van der Waals surface area contributed by atoms with E-state index in [9.17, 15) is 9.59 Å². The minimum atomic E-state index is -0.722. The Hall–Kier alpha value is -0.0800. The van der Waals surface area contributed by atoms with E-state index in [4.69, 9.17) is 23.2 Å². The first kappa shape index (κ1) is 11.7. The van der Waals surface area contributed by atoms with Gasteiger partial charge in [-0.25, -0.2) is 0 Å². The number of carbonyl (C=O) groups excluding carboxylic acids is 2. The van der Waals surface area contributed by atoms with Gasteiger partial charge in [0.15, 0.2) is 0 Å². The highest BCUT2D eigenvalue weighted by molar-refractivity contribution is 6.72. The van der Waals surface area contributed by atoms with E-state index in [1.54, 1.807) is 0 Å². The van der Waals surface area contributed by atoms with Crippen LogP contribution in [0.2, 0.25) is 0 Å². The van der Waals surface area contributed by atoms with Crippen LogP contribution in [0.5, 0.6) is 0 Å². The molecule has 0 aromatic heterocycles. The Labute approximate surface area is 64.1 Å². The quantitative estimate of drug-likeness (QED) is 0.469. The van der Waals surface area contributed by atoms with Gasteiger partial charge in [-0.2, -0.15) is 0 Å². The largest absolute Gasteiger partial charge is 0.281 e. The van der Waals surface area contributed by atoms with Gasteiger partial charge in [-0.05, 0) is 23.2 Å². The molecule has 0 aliphatic rings. The predicted molar refractivity (Wildman–Crippen MR) is 37.7 cm³/mol. The molecule has 0 amide bonds. The highest BCUT2D eigenvalue weighted by Crippen LogP contribution is 1.92. The molecule has 0 aromatic rings. The Kier molecular flexibility index (Phi) is 10.3. The summed E-state index contributed by atoms with van der Waals surface area (Å²) in [6, 6.07) is 0. The summed E-state index contributed by atoms with van der Waals surface area (Å²) in [5.41, 5.74) is 0.